The number of carbonyl (C=O) groups is 2. The Morgan fingerprint density at radius 2 is 1.56 bits per heavy atom. The molecule has 2 amide bonds. The van der Waals surface area contributed by atoms with Crippen LogP contribution in [-0.2, 0) is 9.59 Å². The van der Waals surface area contributed by atoms with Crippen LogP contribution in [0.1, 0.15) is 13.8 Å². The topological polar surface area (TPSA) is 98.7 Å². The van der Waals surface area contributed by atoms with E-state index in [1.54, 1.807) is 0 Å². The molecule has 0 aromatic heterocycles. The summed E-state index contributed by atoms with van der Waals surface area (Å²) in [4.78, 5) is 22.1. The molecule has 0 aromatic rings. The lowest BCUT2D eigenvalue weighted by molar-refractivity contribution is -0.185. The number of amides is 2. The fourth-order valence-corrected chi connectivity index (χ4v) is 0.687. The number of rotatable bonds is 5. The van der Waals surface area contributed by atoms with Crippen molar-refractivity contribution in [2.75, 3.05) is 6.54 Å². The van der Waals surface area contributed by atoms with Crippen molar-refractivity contribution in [1.29, 1.82) is 0 Å². The third-order valence-corrected chi connectivity index (χ3v) is 1.58. The van der Waals surface area contributed by atoms with Crippen molar-refractivity contribution in [2.45, 2.75) is 19.8 Å². The summed E-state index contributed by atoms with van der Waals surface area (Å²) < 4.78 is 0. The average molecular weight is 228 g/mol. The molecule has 6 heteroatoms. The van der Waals surface area contributed by atoms with Gasteiger partial charge in [-0.3, -0.25) is 14.9 Å². The Bertz CT molecular complexity index is 334. The highest BCUT2D eigenvalue weighted by Crippen LogP contribution is 1.96. The van der Waals surface area contributed by atoms with E-state index in [1.165, 1.54) is 13.8 Å². The molecule has 16 heavy (non-hydrogen) atoms. The van der Waals surface area contributed by atoms with Gasteiger partial charge in [-0.2, -0.15) is 0 Å². The Labute approximate surface area is 93.7 Å². The monoisotopic (exact) mass is 228 g/mol. The van der Waals surface area contributed by atoms with E-state index in [0.29, 0.717) is 0 Å². The van der Waals surface area contributed by atoms with E-state index in [4.69, 9.17) is 0 Å². The molecule has 0 radical (unpaired) electrons. The first-order valence-corrected chi connectivity index (χ1v) is 4.52. The second-order valence-corrected chi connectivity index (χ2v) is 3.51. The van der Waals surface area contributed by atoms with Gasteiger partial charge in [-0.05, 0) is 13.8 Å². The molecule has 0 unspecified atom stereocenters. The van der Waals surface area contributed by atoms with Crippen LogP contribution in [0.3, 0.4) is 0 Å². The molecule has 0 bridgehead atoms. The molecule has 90 valence electrons. The quantitative estimate of drug-likeness (QED) is 0.358. The first-order valence-electron chi connectivity index (χ1n) is 4.52. The average Bonchev–Trinajstić information content (AvgIpc) is 2.13. The van der Waals surface area contributed by atoms with Crippen molar-refractivity contribution >= 4 is 11.8 Å². The summed E-state index contributed by atoms with van der Waals surface area (Å²) in [5.41, 5.74) is 0.348. The lowest BCUT2D eigenvalue weighted by Crippen LogP contribution is -2.55. The Hall–Kier alpha value is -1.66. The first-order chi connectivity index (χ1) is 7.15. The summed E-state index contributed by atoms with van der Waals surface area (Å²) >= 11 is 0. The molecule has 0 aliphatic rings. The summed E-state index contributed by atoms with van der Waals surface area (Å²) in [6.45, 7) is 9.04. The van der Waals surface area contributed by atoms with E-state index in [9.17, 15) is 19.8 Å². The molecule has 6 nitrogen and oxygen atoms in total. The van der Waals surface area contributed by atoms with Crippen LogP contribution >= 0.6 is 0 Å². The van der Waals surface area contributed by atoms with E-state index in [0.717, 1.165) is 0 Å². The SMILES string of the molecule is C=C(C)C(=O)NCC(O)(O)NC(=O)C(=C)C. The summed E-state index contributed by atoms with van der Waals surface area (Å²) in [6.07, 6.45) is 0. The van der Waals surface area contributed by atoms with E-state index < -0.39 is 24.3 Å². The van der Waals surface area contributed by atoms with Crippen molar-refractivity contribution < 1.29 is 19.8 Å². The summed E-state index contributed by atoms with van der Waals surface area (Å²) in [6, 6.07) is 0. The van der Waals surface area contributed by atoms with Gasteiger partial charge in [0, 0.05) is 11.1 Å². The predicted molar refractivity (Wildman–Crippen MR) is 57.9 cm³/mol. The number of carbonyl (C=O) groups excluding carboxylic acids is 2. The van der Waals surface area contributed by atoms with Crippen molar-refractivity contribution in [3.8, 4) is 0 Å². The zero-order chi connectivity index (χ0) is 12.9. The maximum Gasteiger partial charge on any atom is 0.265 e. The van der Waals surface area contributed by atoms with Crippen LogP contribution in [-0.4, -0.2) is 34.5 Å². The highest BCUT2D eigenvalue weighted by molar-refractivity contribution is 5.93. The third-order valence-electron chi connectivity index (χ3n) is 1.58. The van der Waals surface area contributed by atoms with Crippen LogP contribution < -0.4 is 10.6 Å². The summed E-state index contributed by atoms with van der Waals surface area (Å²) in [5.74, 6) is -3.76. The standard InChI is InChI=1S/C10H16N2O4/c1-6(2)8(13)11-5-10(15,16)12-9(14)7(3)4/h15-16H,1,3,5H2,2,4H3,(H,11,13)(H,12,14). The number of hydrogen-bond acceptors (Lipinski definition) is 4. The minimum Gasteiger partial charge on any atom is -0.347 e. The van der Waals surface area contributed by atoms with Gasteiger partial charge >= 0.3 is 0 Å². The van der Waals surface area contributed by atoms with Crippen LogP contribution in [0.2, 0.25) is 0 Å². The third kappa shape index (κ3) is 5.28. The molecule has 0 spiro atoms. The van der Waals surface area contributed by atoms with Gasteiger partial charge in [-0.1, -0.05) is 13.2 Å². The van der Waals surface area contributed by atoms with Gasteiger partial charge in [-0.15, -0.1) is 0 Å². The zero-order valence-corrected chi connectivity index (χ0v) is 9.33. The molecular weight excluding hydrogens is 212 g/mol. The van der Waals surface area contributed by atoms with Gasteiger partial charge in [0.2, 0.25) is 11.8 Å². The smallest absolute Gasteiger partial charge is 0.265 e. The largest absolute Gasteiger partial charge is 0.347 e. The maximum atomic E-state index is 11.1. The fraction of sp³-hybridized carbons (Fsp3) is 0.400. The fourth-order valence-electron chi connectivity index (χ4n) is 0.687. The van der Waals surface area contributed by atoms with E-state index >= 15 is 0 Å². The van der Waals surface area contributed by atoms with E-state index in [-0.39, 0.29) is 11.1 Å². The van der Waals surface area contributed by atoms with Crippen molar-refractivity contribution in [2.24, 2.45) is 0 Å². The molecule has 4 N–H and O–H groups in total. The van der Waals surface area contributed by atoms with Gasteiger partial charge in [0.1, 0.15) is 0 Å². The van der Waals surface area contributed by atoms with Gasteiger partial charge in [0.25, 0.3) is 5.91 Å². The van der Waals surface area contributed by atoms with Crippen molar-refractivity contribution in [1.82, 2.24) is 10.6 Å². The molecule has 0 heterocycles. The molecule has 0 atom stereocenters. The Kier molecular flexibility index (Phi) is 4.87. The number of nitrogens with one attached hydrogen (secondary N) is 2. The van der Waals surface area contributed by atoms with Crippen LogP contribution in [0, 0.1) is 0 Å². The van der Waals surface area contributed by atoms with E-state index in [1.807, 2.05) is 5.32 Å². The van der Waals surface area contributed by atoms with Crippen LogP contribution in [0.25, 0.3) is 0 Å². The van der Waals surface area contributed by atoms with Gasteiger partial charge < -0.3 is 15.5 Å². The molecule has 0 aliphatic carbocycles. The molecule has 0 rings (SSSR count). The molecule has 0 aromatic carbocycles. The Morgan fingerprint density at radius 3 is 1.94 bits per heavy atom. The first kappa shape index (κ1) is 14.3. The second-order valence-electron chi connectivity index (χ2n) is 3.51. The Morgan fingerprint density at radius 1 is 1.12 bits per heavy atom. The normalized spacial score (nSPS) is 10.5. The van der Waals surface area contributed by atoms with Crippen molar-refractivity contribution in [3.63, 3.8) is 0 Å². The number of aliphatic hydroxyl groups is 2. The van der Waals surface area contributed by atoms with Crippen LogP contribution in [0.15, 0.2) is 24.3 Å². The second kappa shape index (κ2) is 5.43. The lowest BCUT2D eigenvalue weighted by Gasteiger charge is -2.23. The van der Waals surface area contributed by atoms with Gasteiger partial charge in [-0.25, -0.2) is 0 Å². The zero-order valence-electron chi connectivity index (χ0n) is 9.33. The molecular formula is C10H16N2O4. The molecule has 0 saturated carbocycles. The molecule has 0 aliphatic heterocycles. The number of hydrogen-bond donors (Lipinski definition) is 4. The summed E-state index contributed by atoms with van der Waals surface area (Å²) in [5, 5.41) is 22.7. The maximum absolute atomic E-state index is 11.1. The highest BCUT2D eigenvalue weighted by Gasteiger charge is 2.26. The molecule has 0 fully saturated rings. The van der Waals surface area contributed by atoms with Gasteiger partial charge in [0.15, 0.2) is 0 Å². The highest BCUT2D eigenvalue weighted by atomic mass is 16.5. The van der Waals surface area contributed by atoms with Crippen LogP contribution in [0.4, 0.5) is 0 Å². The van der Waals surface area contributed by atoms with Crippen molar-refractivity contribution in [3.05, 3.63) is 24.3 Å². The van der Waals surface area contributed by atoms with Crippen LogP contribution in [0.5, 0.6) is 0 Å². The minimum atomic E-state index is -2.51. The summed E-state index contributed by atoms with van der Waals surface area (Å²) in [7, 11) is 0. The predicted octanol–water partition coefficient (Wildman–Crippen LogP) is -0.991. The van der Waals surface area contributed by atoms with E-state index in [2.05, 4.69) is 18.5 Å². The van der Waals surface area contributed by atoms with Gasteiger partial charge in [0.05, 0.1) is 6.54 Å². The molecule has 0 saturated heterocycles. The minimum absolute atomic E-state index is 0.124. The lowest BCUT2D eigenvalue weighted by atomic mass is 10.3. The Balaban J connectivity index is 4.25.